The Balaban J connectivity index is 1.56. The first-order valence-electron chi connectivity index (χ1n) is 7.36. The summed E-state index contributed by atoms with van der Waals surface area (Å²) < 4.78 is 12.0. The Labute approximate surface area is 138 Å². The minimum atomic E-state index is -0.660. The topological polar surface area (TPSA) is 48.4 Å². The second kappa shape index (κ2) is 6.79. The van der Waals surface area contributed by atoms with Crippen LogP contribution in [0.25, 0.3) is 10.2 Å². The van der Waals surface area contributed by atoms with E-state index in [-0.39, 0.29) is 6.61 Å². The van der Waals surface area contributed by atoms with Gasteiger partial charge in [0, 0.05) is 0 Å². The Morgan fingerprint density at radius 1 is 1.17 bits per heavy atom. The van der Waals surface area contributed by atoms with Crippen LogP contribution >= 0.6 is 11.3 Å². The minimum Gasteiger partial charge on any atom is -0.479 e. The smallest absolute Gasteiger partial charge is 0.347 e. The summed E-state index contributed by atoms with van der Waals surface area (Å²) in [6.07, 6.45) is -0.660. The van der Waals surface area contributed by atoms with Crippen LogP contribution < -0.4 is 4.74 Å². The summed E-state index contributed by atoms with van der Waals surface area (Å²) in [5.41, 5.74) is 2.07. The molecule has 1 atom stereocenters. The fourth-order valence-corrected chi connectivity index (χ4v) is 2.98. The van der Waals surface area contributed by atoms with Crippen molar-refractivity contribution in [2.24, 2.45) is 0 Å². The standard InChI is InChI=1S/C18H17NO3S/c1-12-7-9-14(10-8-12)22-13(2)18(20)21-11-17-19-15-5-3-4-6-16(15)23-17/h3-10,13H,11H2,1-2H3. The molecule has 0 radical (unpaired) electrons. The Morgan fingerprint density at radius 3 is 2.65 bits per heavy atom. The van der Waals surface area contributed by atoms with Gasteiger partial charge in [0.1, 0.15) is 17.4 Å². The summed E-state index contributed by atoms with van der Waals surface area (Å²) in [7, 11) is 0. The largest absolute Gasteiger partial charge is 0.479 e. The van der Waals surface area contributed by atoms with Crippen LogP contribution in [-0.2, 0) is 16.1 Å². The lowest BCUT2D eigenvalue weighted by Gasteiger charge is -2.13. The van der Waals surface area contributed by atoms with Gasteiger partial charge in [-0.25, -0.2) is 9.78 Å². The number of carbonyl (C=O) groups is 1. The Morgan fingerprint density at radius 2 is 1.91 bits per heavy atom. The van der Waals surface area contributed by atoms with E-state index in [1.54, 1.807) is 6.92 Å². The molecule has 0 amide bonds. The quantitative estimate of drug-likeness (QED) is 0.662. The fourth-order valence-electron chi connectivity index (χ4n) is 2.10. The highest BCUT2D eigenvalue weighted by Crippen LogP contribution is 2.22. The molecule has 1 aromatic heterocycles. The van der Waals surface area contributed by atoms with Gasteiger partial charge in [0.15, 0.2) is 6.10 Å². The second-order valence-corrected chi connectivity index (χ2v) is 6.37. The molecule has 0 aliphatic carbocycles. The molecule has 3 aromatic rings. The second-order valence-electron chi connectivity index (χ2n) is 5.26. The number of benzene rings is 2. The maximum absolute atomic E-state index is 12.0. The first-order chi connectivity index (χ1) is 11.1. The third kappa shape index (κ3) is 3.87. The lowest BCUT2D eigenvalue weighted by molar-refractivity contribution is -0.152. The number of aryl methyl sites for hydroxylation is 1. The van der Waals surface area contributed by atoms with Crippen LogP contribution in [-0.4, -0.2) is 17.1 Å². The van der Waals surface area contributed by atoms with Crippen molar-refractivity contribution >= 4 is 27.5 Å². The highest BCUT2D eigenvalue weighted by atomic mass is 32.1. The van der Waals surface area contributed by atoms with E-state index in [0.29, 0.717) is 5.75 Å². The number of hydrogen-bond donors (Lipinski definition) is 0. The molecule has 2 aromatic carbocycles. The first-order valence-corrected chi connectivity index (χ1v) is 8.18. The van der Waals surface area contributed by atoms with E-state index in [9.17, 15) is 4.79 Å². The van der Waals surface area contributed by atoms with Crippen LogP contribution in [0.2, 0.25) is 0 Å². The molecule has 0 spiro atoms. The lowest BCUT2D eigenvalue weighted by Crippen LogP contribution is -2.26. The van der Waals surface area contributed by atoms with Crippen LogP contribution in [0, 0.1) is 6.92 Å². The van der Waals surface area contributed by atoms with Crippen LogP contribution in [0.1, 0.15) is 17.5 Å². The Hall–Kier alpha value is -2.40. The van der Waals surface area contributed by atoms with E-state index in [1.165, 1.54) is 11.3 Å². The summed E-state index contributed by atoms with van der Waals surface area (Å²) in [6, 6.07) is 15.4. The van der Waals surface area contributed by atoms with E-state index in [4.69, 9.17) is 9.47 Å². The van der Waals surface area contributed by atoms with Crippen LogP contribution in [0.4, 0.5) is 0 Å². The number of carbonyl (C=O) groups excluding carboxylic acids is 1. The zero-order chi connectivity index (χ0) is 16.2. The van der Waals surface area contributed by atoms with Crippen molar-refractivity contribution in [3.63, 3.8) is 0 Å². The third-order valence-corrected chi connectivity index (χ3v) is 4.35. The summed E-state index contributed by atoms with van der Waals surface area (Å²) in [4.78, 5) is 16.5. The summed E-state index contributed by atoms with van der Waals surface area (Å²) in [5, 5.41) is 0.780. The van der Waals surface area contributed by atoms with E-state index >= 15 is 0 Å². The van der Waals surface area contributed by atoms with E-state index < -0.39 is 12.1 Å². The Kier molecular flexibility index (Phi) is 4.57. The summed E-state index contributed by atoms with van der Waals surface area (Å²) >= 11 is 1.53. The highest BCUT2D eigenvalue weighted by Gasteiger charge is 2.17. The molecule has 0 fully saturated rings. The Bertz CT molecular complexity index is 778. The average Bonchev–Trinajstić information content (AvgIpc) is 2.97. The molecule has 4 nitrogen and oxygen atoms in total. The molecule has 3 rings (SSSR count). The number of para-hydroxylation sites is 1. The van der Waals surface area contributed by atoms with Crippen molar-refractivity contribution in [1.82, 2.24) is 4.98 Å². The van der Waals surface area contributed by atoms with Crippen molar-refractivity contribution in [2.75, 3.05) is 0 Å². The predicted octanol–water partition coefficient (Wildman–Crippen LogP) is 4.12. The molecular formula is C18H17NO3S. The van der Waals surface area contributed by atoms with E-state index in [2.05, 4.69) is 4.98 Å². The van der Waals surface area contributed by atoms with Crippen molar-refractivity contribution in [3.05, 3.63) is 59.1 Å². The van der Waals surface area contributed by atoms with Gasteiger partial charge in [-0.3, -0.25) is 0 Å². The molecule has 0 saturated heterocycles. The number of thiazole rings is 1. The number of rotatable bonds is 5. The fraction of sp³-hybridized carbons (Fsp3) is 0.222. The van der Waals surface area contributed by atoms with Gasteiger partial charge in [-0.1, -0.05) is 29.8 Å². The minimum absolute atomic E-state index is 0.166. The van der Waals surface area contributed by atoms with Crippen molar-refractivity contribution < 1.29 is 14.3 Å². The number of nitrogens with zero attached hydrogens (tertiary/aromatic N) is 1. The van der Waals surface area contributed by atoms with Gasteiger partial charge in [0.05, 0.1) is 10.2 Å². The number of aromatic nitrogens is 1. The molecule has 23 heavy (non-hydrogen) atoms. The third-order valence-electron chi connectivity index (χ3n) is 3.34. The maximum atomic E-state index is 12.0. The molecule has 0 saturated carbocycles. The number of esters is 1. The van der Waals surface area contributed by atoms with Gasteiger partial charge >= 0.3 is 5.97 Å². The summed E-state index contributed by atoms with van der Waals surface area (Å²) in [6.45, 7) is 3.85. The molecule has 118 valence electrons. The molecule has 0 aliphatic rings. The van der Waals surface area contributed by atoms with Gasteiger partial charge in [0.2, 0.25) is 0 Å². The summed E-state index contributed by atoms with van der Waals surface area (Å²) in [5.74, 6) is 0.255. The van der Waals surface area contributed by atoms with Gasteiger partial charge < -0.3 is 9.47 Å². The number of fused-ring (bicyclic) bond motifs is 1. The van der Waals surface area contributed by atoms with Crippen molar-refractivity contribution in [1.29, 1.82) is 0 Å². The zero-order valence-electron chi connectivity index (χ0n) is 13.0. The monoisotopic (exact) mass is 327 g/mol. The molecule has 1 unspecified atom stereocenters. The highest BCUT2D eigenvalue weighted by molar-refractivity contribution is 7.18. The van der Waals surface area contributed by atoms with Crippen LogP contribution in [0.3, 0.4) is 0 Å². The molecule has 5 heteroatoms. The van der Waals surface area contributed by atoms with Gasteiger partial charge in [-0.05, 0) is 38.1 Å². The first kappa shape index (κ1) is 15.5. The molecule has 0 aliphatic heterocycles. The normalized spacial score (nSPS) is 12.1. The van der Waals surface area contributed by atoms with Gasteiger partial charge in [-0.2, -0.15) is 0 Å². The van der Waals surface area contributed by atoms with Crippen molar-refractivity contribution in [3.8, 4) is 5.75 Å². The number of ether oxygens (including phenoxy) is 2. The van der Waals surface area contributed by atoms with E-state index in [1.807, 2.05) is 55.5 Å². The predicted molar refractivity (Wildman–Crippen MR) is 90.7 cm³/mol. The van der Waals surface area contributed by atoms with Crippen LogP contribution in [0.15, 0.2) is 48.5 Å². The zero-order valence-corrected chi connectivity index (χ0v) is 13.8. The van der Waals surface area contributed by atoms with E-state index in [0.717, 1.165) is 20.8 Å². The van der Waals surface area contributed by atoms with Gasteiger partial charge in [0.25, 0.3) is 0 Å². The maximum Gasteiger partial charge on any atom is 0.347 e. The van der Waals surface area contributed by atoms with Gasteiger partial charge in [-0.15, -0.1) is 11.3 Å². The lowest BCUT2D eigenvalue weighted by atomic mass is 10.2. The molecule has 0 bridgehead atoms. The number of hydrogen-bond acceptors (Lipinski definition) is 5. The molecular weight excluding hydrogens is 310 g/mol. The molecule has 1 heterocycles. The van der Waals surface area contributed by atoms with Crippen LogP contribution in [0.5, 0.6) is 5.75 Å². The molecule has 0 N–H and O–H groups in total. The van der Waals surface area contributed by atoms with Crippen molar-refractivity contribution in [2.45, 2.75) is 26.6 Å². The average molecular weight is 327 g/mol. The SMILES string of the molecule is Cc1ccc(OC(C)C(=O)OCc2nc3ccccc3s2)cc1.